The Labute approximate surface area is 209 Å². The summed E-state index contributed by atoms with van der Waals surface area (Å²) in [5, 5.41) is 5.68. The Bertz CT molecular complexity index is 1440. The van der Waals surface area contributed by atoms with Crippen LogP contribution in [-0.4, -0.2) is 56.2 Å². The molecule has 0 saturated carbocycles. The van der Waals surface area contributed by atoms with E-state index in [1.165, 1.54) is 22.4 Å². The summed E-state index contributed by atoms with van der Waals surface area (Å²) >= 11 is 0. The van der Waals surface area contributed by atoms with E-state index < -0.39 is 0 Å². The fourth-order valence-corrected chi connectivity index (χ4v) is 4.99. The van der Waals surface area contributed by atoms with E-state index in [0.29, 0.717) is 25.0 Å². The molecule has 0 unspecified atom stereocenters. The van der Waals surface area contributed by atoms with Gasteiger partial charge in [0.1, 0.15) is 12.4 Å². The van der Waals surface area contributed by atoms with Crippen LogP contribution < -0.4 is 5.56 Å². The molecule has 36 heavy (non-hydrogen) atoms. The molecule has 0 aliphatic carbocycles. The minimum Gasteiger partial charge on any atom is -0.343 e. The number of nitrogens with zero attached hydrogens (tertiary/aromatic N) is 5. The van der Waals surface area contributed by atoms with Gasteiger partial charge in [0, 0.05) is 56.0 Å². The Balaban J connectivity index is 1.29. The molecule has 7 nitrogen and oxygen atoms in total. The lowest BCUT2D eigenvalue weighted by Gasteiger charge is -2.34. The van der Waals surface area contributed by atoms with Gasteiger partial charge in [-0.3, -0.25) is 14.5 Å². The fourth-order valence-electron chi connectivity index (χ4n) is 4.99. The van der Waals surface area contributed by atoms with E-state index in [4.69, 9.17) is 0 Å². The number of halogens is 1. The molecule has 1 aliphatic heterocycles. The summed E-state index contributed by atoms with van der Waals surface area (Å²) in [4.78, 5) is 30.5. The van der Waals surface area contributed by atoms with Crippen molar-refractivity contribution >= 4 is 16.7 Å². The third-order valence-corrected chi connectivity index (χ3v) is 7.12. The van der Waals surface area contributed by atoms with E-state index >= 15 is 0 Å². The SMILES string of the molecule is Cc1c2cnn(CC(=O)N3CCN(Cc4ccccc4)CC3)c(=O)c2c(C)n1Cc1ccc(F)cc1. The molecule has 0 bridgehead atoms. The molecule has 1 amide bonds. The first-order valence-electron chi connectivity index (χ1n) is 12.2. The number of aryl methyl sites for hydroxylation is 2. The fraction of sp³-hybridized carbons (Fsp3) is 0.321. The van der Waals surface area contributed by atoms with E-state index in [-0.39, 0.29) is 23.8 Å². The summed E-state index contributed by atoms with van der Waals surface area (Å²) in [5.41, 5.74) is 3.68. The molecule has 0 radical (unpaired) electrons. The number of benzene rings is 2. The molecular formula is C28H30FN5O2. The van der Waals surface area contributed by atoms with Crippen molar-refractivity contribution < 1.29 is 9.18 Å². The maximum Gasteiger partial charge on any atom is 0.276 e. The molecule has 8 heteroatoms. The molecule has 3 heterocycles. The molecule has 0 atom stereocenters. The molecule has 1 aliphatic rings. The van der Waals surface area contributed by atoms with Gasteiger partial charge in [0.25, 0.3) is 5.56 Å². The first-order valence-corrected chi connectivity index (χ1v) is 12.2. The quantitative estimate of drug-likeness (QED) is 0.419. The number of carbonyl (C=O) groups is 1. The summed E-state index contributed by atoms with van der Waals surface area (Å²) in [7, 11) is 0. The standard InChI is InChI=1S/C28H30FN5O2/c1-20-25-16-30-34(28(36)27(25)21(2)33(20)18-23-8-10-24(29)11-9-23)19-26(35)32-14-12-31(13-15-32)17-22-6-4-3-5-7-22/h3-11,16H,12-15,17-19H2,1-2H3. The Kier molecular flexibility index (Phi) is 6.69. The predicted octanol–water partition coefficient (Wildman–Crippen LogP) is 3.35. The second-order valence-electron chi connectivity index (χ2n) is 9.42. The third-order valence-electron chi connectivity index (χ3n) is 7.12. The Morgan fingerprint density at radius 2 is 1.56 bits per heavy atom. The largest absolute Gasteiger partial charge is 0.343 e. The minimum absolute atomic E-state index is 0.0743. The number of amides is 1. The van der Waals surface area contributed by atoms with Gasteiger partial charge < -0.3 is 9.47 Å². The number of piperazine rings is 1. The Morgan fingerprint density at radius 1 is 0.889 bits per heavy atom. The highest BCUT2D eigenvalue weighted by atomic mass is 19.1. The second-order valence-corrected chi connectivity index (χ2v) is 9.42. The van der Waals surface area contributed by atoms with Crippen molar-refractivity contribution in [2.75, 3.05) is 26.2 Å². The maximum absolute atomic E-state index is 13.3. The van der Waals surface area contributed by atoms with E-state index in [1.54, 1.807) is 18.3 Å². The summed E-state index contributed by atoms with van der Waals surface area (Å²) in [6.07, 6.45) is 1.67. The highest BCUT2D eigenvalue weighted by Gasteiger charge is 2.23. The van der Waals surface area contributed by atoms with Crippen molar-refractivity contribution in [3.05, 3.63) is 99.5 Å². The summed E-state index contributed by atoms with van der Waals surface area (Å²) in [6, 6.07) is 16.7. The third kappa shape index (κ3) is 4.81. The van der Waals surface area contributed by atoms with Crippen LogP contribution in [0.25, 0.3) is 10.8 Å². The van der Waals surface area contributed by atoms with Crippen molar-refractivity contribution in [1.29, 1.82) is 0 Å². The van der Waals surface area contributed by atoms with Crippen molar-refractivity contribution in [3.8, 4) is 0 Å². The molecule has 4 aromatic rings. The van der Waals surface area contributed by atoms with Crippen LogP contribution in [0.2, 0.25) is 0 Å². The van der Waals surface area contributed by atoms with E-state index in [0.717, 1.165) is 42.0 Å². The van der Waals surface area contributed by atoms with Gasteiger partial charge in [-0.25, -0.2) is 9.07 Å². The van der Waals surface area contributed by atoms with E-state index in [2.05, 4.69) is 22.1 Å². The van der Waals surface area contributed by atoms with Crippen LogP contribution in [-0.2, 0) is 24.4 Å². The van der Waals surface area contributed by atoms with E-state index in [1.807, 2.05) is 41.5 Å². The van der Waals surface area contributed by atoms with Crippen LogP contribution in [0, 0.1) is 19.7 Å². The zero-order valence-electron chi connectivity index (χ0n) is 20.7. The first kappa shape index (κ1) is 23.9. The molecule has 1 saturated heterocycles. The van der Waals surface area contributed by atoms with Crippen LogP contribution in [0.5, 0.6) is 0 Å². The molecule has 0 spiro atoms. The second kappa shape index (κ2) is 10.1. The molecule has 5 rings (SSSR count). The highest BCUT2D eigenvalue weighted by Crippen LogP contribution is 2.23. The van der Waals surface area contributed by atoms with Gasteiger partial charge in [0.15, 0.2) is 0 Å². The lowest BCUT2D eigenvalue weighted by atomic mass is 10.2. The summed E-state index contributed by atoms with van der Waals surface area (Å²) in [6.45, 7) is 8.03. The van der Waals surface area contributed by atoms with Gasteiger partial charge in [-0.05, 0) is 37.1 Å². The molecule has 186 valence electrons. The van der Waals surface area contributed by atoms with Crippen LogP contribution in [0.1, 0.15) is 22.5 Å². The van der Waals surface area contributed by atoms with Crippen molar-refractivity contribution in [2.24, 2.45) is 0 Å². The summed E-state index contributed by atoms with van der Waals surface area (Å²) < 4.78 is 16.6. The smallest absolute Gasteiger partial charge is 0.276 e. The lowest BCUT2D eigenvalue weighted by Crippen LogP contribution is -2.49. The average Bonchev–Trinajstić information content (AvgIpc) is 3.13. The van der Waals surface area contributed by atoms with Crippen molar-refractivity contribution in [3.63, 3.8) is 0 Å². The van der Waals surface area contributed by atoms with Crippen molar-refractivity contribution in [2.45, 2.75) is 33.5 Å². The van der Waals surface area contributed by atoms with Crippen LogP contribution >= 0.6 is 0 Å². The monoisotopic (exact) mass is 487 g/mol. The molecule has 0 N–H and O–H groups in total. The lowest BCUT2D eigenvalue weighted by molar-refractivity contribution is -0.133. The van der Waals surface area contributed by atoms with Gasteiger partial charge in [-0.2, -0.15) is 5.10 Å². The van der Waals surface area contributed by atoms with Gasteiger partial charge in [-0.1, -0.05) is 42.5 Å². The predicted molar refractivity (Wildman–Crippen MR) is 137 cm³/mol. The van der Waals surface area contributed by atoms with Crippen LogP contribution in [0.3, 0.4) is 0 Å². The summed E-state index contributed by atoms with van der Waals surface area (Å²) in [5.74, 6) is -0.373. The topological polar surface area (TPSA) is 63.4 Å². The maximum atomic E-state index is 13.3. The minimum atomic E-state index is -0.278. The molecule has 2 aromatic heterocycles. The molecular weight excluding hydrogens is 457 g/mol. The highest BCUT2D eigenvalue weighted by molar-refractivity contribution is 5.87. The number of hydrogen-bond donors (Lipinski definition) is 0. The van der Waals surface area contributed by atoms with Crippen LogP contribution in [0.4, 0.5) is 4.39 Å². The molecule has 2 aromatic carbocycles. The number of fused-ring (bicyclic) bond motifs is 1. The normalized spacial score (nSPS) is 14.5. The van der Waals surface area contributed by atoms with Gasteiger partial charge >= 0.3 is 0 Å². The zero-order chi connectivity index (χ0) is 25.2. The first-order chi connectivity index (χ1) is 17.4. The number of carbonyl (C=O) groups excluding carboxylic acids is 1. The molecule has 1 fully saturated rings. The number of hydrogen-bond acceptors (Lipinski definition) is 4. The Morgan fingerprint density at radius 3 is 2.25 bits per heavy atom. The average molecular weight is 488 g/mol. The number of aromatic nitrogens is 3. The van der Waals surface area contributed by atoms with Gasteiger partial charge in [-0.15, -0.1) is 0 Å². The zero-order valence-corrected chi connectivity index (χ0v) is 20.7. The Hall–Kier alpha value is -3.78. The van der Waals surface area contributed by atoms with Gasteiger partial charge in [0.2, 0.25) is 5.91 Å². The van der Waals surface area contributed by atoms with E-state index in [9.17, 15) is 14.0 Å². The van der Waals surface area contributed by atoms with Crippen molar-refractivity contribution in [1.82, 2.24) is 24.1 Å². The number of rotatable bonds is 6. The van der Waals surface area contributed by atoms with Crippen LogP contribution in [0.15, 0.2) is 65.6 Å². The van der Waals surface area contributed by atoms with Gasteiger partial charge in [0.05, 0.1) is 11.6 Å².